The summed E-state index contributed by atoms with van der Waals surface area (Å²) in [5.74, 6) is 1.16. The summed E-state index contributed by atoms with van der Waals surface area (Å²) < 4.78 is 8.25. The summed E-state index contributed by atoms with van der Waals surface area (Å²) >= 11 is 0. The number of carbonyl (C=O) groups is 1. The SMILES string of the molecule is CC(C)n1cc(-c2ccc(Oc3cccc(N4CCC(C(N)=O)CC4)c3C#N)cc2)c2c(N)ncnc21. The molecule has 4 aromatic rings. The Balaban J connectivity index is 1.41. The van der Waals surface area contributed by atoms with Crippen LogP contribution in [0.1, 0.15) is 38.3 Å². The van der Waals surface area contributed by atoms with E-state index in [9.17, 15) is 10.1 Å². The van der Waals surface area contributed by atoms with E-state index in [0.717, 1.165) is 27.8 Å². The molecule has 1 fully saturated rings. The summed E-state index contributed by atoms with van der Waals surface area (Å²) in [7, 11) is 0. The molecule has 0 aliphatic carbocycles. The van der Waals surface area contributed by atoms with Crippen LogP contribution in [-0.4, -0.2) is 33.5 Å². The molecule has 2 aromatic carbocycles. The van der Waals surface area contributed by atoms with Gasteiger partial charge in [-0.2, -0.15) is 5.26 Å². The second-order valence-corrected chi connectivity index (χ2v) is 9.55. The standard InChI is InChI=1S/C28H29N7O2/c1-17(2)35-15-22(25-26(30)32-16-33-28(25)35)18-6-8-20(9-7-18)37-24-5-3-4-23(21(24)14-29)34-12-10-19(11-13-34)27(31)36/h3-9,15-17,19H,10-13H2,1-2H3,(H2,31,36)(H2,30,32,33). The van der Waals surface area contributed by atoms with Crippen molar-refractivity contribution < 1.29 is 9.53 Å². The maximum absolute atomic E-state index is 11.5. The van der Waals surface area contributed by atoms with Crippen molar-refractivity contribution in [3.8, 4) is 28.7 Å². The highest BCUT2D eigenvalue weighted by molar-refractivity contribution is 6.00. The van der Waals surface area contributed by atoms with Gasteiger partial charge in [0.15, 0.2) is 0 Å². The van der Waals surface area contributed by atoms with Gasteiger partial charge in [0.05, 0.1) is 11.1 Å². The van der Waals surface area contributed by atoms with Crippen LogP contribution >= 0.6 is 0 Å². The van der Waals surface area contributed by atoms with Crippen LogP contribution in [0.5, 0.6) is 11.5 Å². The first-order valence-electron chi connectivity index (χ1n) is 12.3. The molecule has 37 heavy (non-hydrogen) atoms. The zero-order chi connectivity index (χ0) is 26.1. The van der Waals surface area contributed by atoms with Crippen molar-refractivity contribution in [2.75, 3.05) is 23.7 Å². The molecule has 188 valence electrons. The van der Waals surface area contributed by atoms with Crippen molar-refractivity contribution >= 4 is 28.4 Å². The van der Waals surface area contributed by atoms with Crippen molar-refractivity contribution in [3.63, 3.8) is 0 Å². The lowest BCUT2D eigenvalue weighted by Gasteiger charge is -2.33. The largest absolute Gasteiger partial charge is 0.456 e. The van der Waals surface area contributed by atoms with Gasteiger partial charge in [0.2, 0.25) is 5.91 Å². The smallest absolute Gasteiger partial charge is 0.220 e. The molecule has 0 radical (unpaired) electrons. The van der Waals surface area contributed by atoms with Crippen molar-refractivity contribution in [3.05, 3.63) is 60.6 Å². The van der Waals surface area contributed by atoms with Crippen LogP contribution in [0.15, 0.2) is 55.0 Å². The number of hydrogen-bond acceptors (Lipinski definition) is 7. The first-order chi connectivity index (χ1) is 17.9. The first-order valence-corrected chi connectivity index (χ1v) is 12.3. The lowest BCUT2D eigenvalue weighted by Crippen LogP contribution is -2.38. The normalized spacial score (nSPS) is 14.2. The van der Waals surface area contributed by atoms with Gasteiger partial charge in [0.1, 0.15) is 40.9 Å². The number of rotatable bonds is 6. The molecule has 4 N–H and O–H groups in total. The number of primary amides is 1. The van der Waals surface area contributed by atoms with Crippen LogP contribution in [0.3, 0.4) is 0 Å². The highest BCUT2D eigenvalue weighted by Crippen LogP contribution is 2.37. The number of nitrogens with two attached hydrogens (primary N) is 2. The number of aromatic nitrogens is 3. The highest BCUT2D eigenvalue weighted by atomic mass is 16.5. The van der Waals surface area contributed by atoms with E-state index in [0.29, 0.717) is 48.8 Å². The van der Waals surface area contributed by atoms with Gasteiger partial charge in [-0.15, -0.1) is 0 Å². The number of nitrogens with zero attached hydrogens (tertiary/aromatic N) is 5. The Bertz CT molecular complexity index is 1490. The summed E-state index contributed by atoms with van der Waals surface area (Å²) in [6.45, 7) is 5.52. The van der Waals surface area contributed by atoms with Gasteiger partial charge in [-0.05, 0) is 56.5 Å². The van der Waals surface area contributed by atoms with Gasteiger partial charge in [-0.25, -0.2) is 9.97 Å². The minimum absolute atomic E-state index is 0.115. The molecule has 0 spiro atoms. The second kappa shape index (κ2) is 9.82. The van der Waals surface area contributed by atoms with E-state index in [1.165, 1.54) is 6.33 Å². The number of benzene rings is 2. The maximum atomic E-state index is 11.5. The Morgan fingerprint density at radius 2 is 1.86 bits per heavy atom. The van der Waals surface area contributed by atoms with Gasteiger partial charge in [0.25, 0.3) is 0 Å². The number of anilines is 2. The van der Waals surface area contributed by atoms with Crippen molar-refractivity contribution in [1.29, 1.82) is 5.26 Å². The monoisotopic (exact) mass is 495 g/mol. The van der Waals surface area contributed by atoms with Crippen LogP contribution in [0.2, 0.25) is 0 Å². The molecule has 1 amide bonds. The molecular weight excluding hydrogens is 466 g/mol. The van der Waals surface area contributed by atoms with Crippen molar-refractivity contribution in [2.24, 2.45) is 11.7 Å². The molecule has 5 rings (SSSR count). The number of fused-ring (bicyclic) bond motifs is 1. The minimum atomic E-state index is -0.260. The fourth-order valence-electron chi connectivity index (χ4n) is 4.94. The van der Waals surface area contributed by atoms with E-state index >= 15 is 0 Å². The number of nitriles is 1. The molecule has 0 bridgehead atoms. The number of carbonyl (C=O) groups excluding carboxylic acids is 1. The van der Waals surface area contributed by atoms with Crippen molar-refractivity contribution in [2.45, 2.75) is 32.7 Å². The third-order valence-corrected chi connectivity index (χ3v) is 6.94. The molecule has 3 heterocycles. The molecule has 1 aliphatic heterocycles. The quantitative estimate of drug-likeness (QED) is 0.398. The molecule has 1 saturated heterocycles. The summed E-state index contributed by atoms with van der Waals surface area (Å²) in [4.78, 5) is 22.3. The summed E-state index contributed by atoms with van der Waals surface area (Å²) in [6, 6.07) is 15.8. The number of piperidine rings is 1. The number of ether oxygens (including phenoxy) is 1. The van der Waals surface area contributed by atoms with E-state index in [-0.39, 0.29) is 17.9 Å². The molecule has 1 aliphatic rings. The molecule has 9 nitrogen and oxygen atoms in total. The zero-order valence-electron chi connectivity index (χ0n) is 20.9. The third kappa shape index (κ3) is 4.54. The van der Waals surface area contributed by atoms with Gasteiger partial charge < -0.3 is 25.7 Å². The minimum Gasteiger partial charge on any atom is -0.456 e. The van der Waals surface area contributed by atoms with Crippen LogP contribution in [0, 0.1) is 17.2 Å². The summed E-state index contributed by atoms with van der Waals surface area (Å²) in [5.41, 5.74) is 15.7. The molecule has 0 atom stereocenters. The maximum Gasteiger partial charge on any atom is 0.220 e. The average molecular weight is 496 g/mol. The molecule has 2 aromatic heterocycles. The number of amides is 1. The van der Waals surface area contributed by atoms with Gasteiger partial charge >= 0.3 is 0 Å². The van der Waals surface area contributed by atoms with E-state index in [1.54, 1.807) is 6.07 Å². The summed E-state index contributed by atoms with van der Waals surface area (Å²) in [6.07, 6.45) is 4.89. The van der Waals surface area contributed by atoms with E-state index in [4.69, 9.17) is 16.2 Å². The van der Waals surface area contributed by atoms with Gasteiger partial charge in [-0.3, -0.25) is 4.79 Å². The lowest BCUT2D eigenvalue weighted by atomic mass is 9.95. The van der Waals surface area contributed by atoms with Crippen LogP contribution < -0.4 is 21.1 Å². The van der Waals surface area contributed by atoms with Crippen LogP contribution in [0.25, 0.3) is 22.2 Å². The molecule has 0 saturated carbocycles. The molecule has 0 unspecified atom stereocenters. The molecular formula is C28H29N7O2. The Morgan fingerprint density at radius 1 is 1.14 bits per heavy atom. The summed E-state index contributed by atoms with van der Waals surface area (Å²) in [5, 5.41) is 10.8. The van der Waals surface area contributed by atoms with Crippen LogP contribution in [0.4, 0.5) is 11.5 Å². The Labute approximate surface area is 215 Å². The Hall–Kier alpha value is -4.58. The topological polar surface area (TPSA) is 136 Å². The van der Waals surface area contributed by atoms with E-state index < -0.39 is 0 Å². The predicted molar refractivity (Wildman–Crippen MR) is 143 cm³/mol. The Kier molecular flexibility index (Phi) is 6.40. The molecule has 9 heteroatoms. The highest BCUT2D eigenvalue weighted by Gasteiger charge is 2.25. The van der Waals surface area contributed by atoms with E-state index in [2.05, 4.69) is 45.5 Å². The first kappa shape index (κ1) is 24.1. The number of hydrogen-bond donors (Lipinski definition) is 2. The second-order valence-electron chi connectivity index (χ2n) is 9.55. The van der Waals surface area contributed by atoms with E-state index in [1.807, 2.05) is 36.4 Å². The Morgan fingerprint density at radius 3 is 2.51 bits per heavy atom. The number of nitrogen functional groups attached to an aromatic ring is 1. The van der Waals surface area contributed by atoms with Crippen LogP contribution in [-0.2, 0) is 4.79 Å². The van der Waals surface area contributed by atoms with Gasteiger partial charge in [0, 0.05) is 36.8 Å². The van der Waals surface area contributed by atoms with Gasteiger partial charge in [-0.1, -0.05) is 18.2 Å². The fourth-order valence-corrected chi connectivity index (χ4v) is 4.94. The van der Waals surface area contributed by atoms with Crippen molar-refractivity contribution in [1.82, 2.24) is 14.5 Å². The predicted octanol–water partition coefficient (Wildman–Crippen LogP) is 4.63. The lowest BCUT2D eigenvalue weighted by molar-refractivity contribution is -0.122. The average Bonchev–Trinajstić information content (AvgIpc) is 3.30. The zero-order valence-corrected chi connectivity index (χ0v) is 20.9. The fraction of sp³-hybridized carbons (Fsp3) is 0.286. The third-order valence-electron chi connectivity index (χ3n) is 6.94.